The van der Waals surface area contributed by atoms with Crippen molar-refractivity contribution in [1.82, 2.24) is 4.90 Å². The first-order valence-corrected chi connectivity index (χ1v) is 3.65. The van der Waals surface area contributed by atoms with Gasteiger partial charge in [-0.05, 0) is 0 Å². The highest BCUT2D eigenvalue weighted by atomic mass is 35.5. The number of nitrogens with zero attached hydrogens (tertiary/aromatic N) is 1. The number of halogens is 3. The van der Waals surface area contributed by atoms with Crippen molar-refractivity contribution in [3.63, 3.8) is 0 Å². The van der Waals surface area contributed by atoms with Gasteiger partial charge in [0.05, 0.1) is 0 Å². The minimum Gasteiger partial charge on any atom is -0.465 e. The zero-order valence-electron chi connectivity index (χ0n) is 5.09. The Morgan fingerprint density at radius 3 is 2.00 bits per heavy atom. The second-order valence-electron chi connectivity index (χ2n) is 1.60. The Labute approximate surface area is 73.5 Å². The van der Waals surface area contributed by atoms with Crippen LogP contribution in [0.4, 0.5) is 4.79 Å². The summed E-state index contributed by atoms with van der Waals surface area (Å²) in [6, 6.07) is 0. The first-order valence-electron chi connectivity index (χ1n) is 2.34. The lowest BCUT2D eigenvalue weighted by Gasteiger charge is -2.19. The third kappa shape index (κ3) is 2.82. The fourth-order valence-electron chi connectivity index (χ4n) is 0.275. The zero-order valence-corrected chi connectivity index (χ0v) is 7.36. The summed E-state index contributed by atoms with van der Waals surface area (Å²) in [6.45, 7) is 0. The van der Waals surface area contributed by atoms with Crippen LogP contribution in [0.15, 0.2) is 0 Å². The number of carboxylic acid groups (broad SMARTS) is 1. The Morgan fingerprint density at radius 1 is 1.50 bits per heavy atom. The number of alkyl halides is 3. The first-order chi connectivity index (χ1) is 4.46. The molecule has 0 fully saturated rings. The number of carbonyl (C=O) groups is 1. The molecule has 0 radical (unpaired) electrons. The molecule has 0 aliphatic carbocycles. The smallest absolute Gasteiger partial charge is 0.408 e. The number of hydrogen-bond donors (Lipinski definition) is 1. The predicted molar refractivity (Wildman–Crippen MR) is 40.9 cm³/mol. The quantitative estimate of drug-likeness (QED) is 0.554. The van der Waals surface area contributed by atoms with Gasteiger partial charge in [0.25, 0.3) is 0 Å². The van der Waals surface area contributed by atoms with E-state index in [9.17, 15) is 4.79 Å². The van der Waals surface area contributed by atoms with E-state index in [4.69, 9.17) is 39.9 Å². The Hall–Kier alpha value is 0.140. The fraction of sp³-hybridized carbons (Fsp3) is 0.750. The van der Waals surface area contributed by atoms with Gasteiger partial charge in [0.15, 0.2) is 0 Å². The molecule has 0 aliphatic rings. The summed E-state index contributed by atoms with van der Waals surface area (Å²) in [5.74, 6) is 0. The summed E-state index contributed by atoms with van der Waals surface area (Å²) in [4.78, 5) is 10.1. The van der Waals surface area contributed by atoms with Crippen LogP contribution in [-0.4, -0.2) is 33.5 Å². The van der Waals surface area contributed by atoms with Gasteiger partial charge in [-0.2, -0.15) is 0 Å². The average molecular weight is 206 g/mol. The van der Waals surface area contributed by atoms with Crippen LogP contribution in [0.25, 0.3) is 0 Å². The number of rotatable bonds is 2. The van der Waals surface area contributed by atoms with Gasteiger partial charge in [-0.3, -0.25) is 4.90 Å². The largest absolute Gasteiger partial charge is 0.465 e. The highest BCUT2D eigenvalue weighted by Gasteiger charge is 2.22. The van der Waals surface area contributed by atoms with E-state index in [1.54, 1.807) is 0 Å². The van der Waals surface area contributed by atoms with E-state index >= 15 is 0 Å². The standard InChI is InChI=1S/C4H6Cl3NO2/c1-8(4(9)10)3(7)2(5)6/h2-3H,1H3,(H,9,10). The molecule has 10 heavy (non-hydrogen) atoms. The van der Waals surface area contributed by atoms with Gasteiger partial charge in [0.2, 0.25) is 0 Å². The molecule has 1 amide bonds. The molecule has 0 aliphatic heterocycles. The lowest BCUT2D eigenvalue weighted by Crippen LogP contribution is -2.35. The molecule has 0 aromatic rings. The molecule has 1 unspecified atom stereocenters. The maximum atomic E-state index is 10.2. The summed E-state index contributed by atoms with van der Waals surface area (Å²) in [7, 11) is 1.29. The summed E-state index contributed by atoms with van der Waals surface area (Å²) in [5.41, 5.74) is -0.902. The van der Waals surface area contributed by atoms with Crippen LogP contribution >= 0.6 is 34.8 Å². The molecule has 3 nitrogen and oxygen atoms in total. The Kier molecular flexibility index (Phi) is 4.17. The Morgan fingerprint density at radius 2 is 1.90 bits per heavy atom. The molecular formula is C4H6Cl3NO2. The lowest BCUT2D eigenvalue weighted by atomic mass is 10.6. The molecule has 0 bridgehead atoms. The highest BCUT2D eigenvalue weighted by Crippen LogP contribution is 2.16. The highest BCUT2D eigenvalue weighted by molar-refractivity contribution is 6.48. The van der Waals surface area contributed by atoms with Crippen molar-refractivity contribution in [2.24, 2.45) is 0 Å². The minimum absolute atomic E-state index is 0.826. The third-order valence-corrected chi connectivity index (χ3v) is 2.16. The topological polar surface area (TPSA) is 40.5 Å². The molecule has 1 N–H and O–H groups in total. The van der Waals surface area contributed by atoms with Crippen LogP contribution in [0.3, 0.4) is 0 Å². The monoisotopic (exact) mass is 205 g/mol. The van der Waals surface area contributed by atoms with E-state index in [1.165, 1.54) is 7.05 Å². The fourth-order valence-corrected chi connectivity index (χ4v) is 0.696. The van der Waals surface area contributed by atoms with Gasteiger partial charge in [0, 0.05) is 7.05 Å². The molecule has 0 spiro atoms. The summed E-state index contributed by atoms with van der Waals surface area (Å²) < 4.78 is 0. The van der Waals surface area contributed by atoms with Crippen LogP contribution in [0.2, 0.25) is 0 Å². The van der Waals surface area contributed by atoms with Crippen LogP contribution in [-0.2, 0) is 0 Å². The average Bonchev–Trinajstić information content (AvgIpc) is 1.84. The van der Waals surface area contributed by atoms with E-state index in [0.717, 1.165) is 4.90 Å². The molecule has 0 saturated carbocycles. The van der Waals surface area contributed by atoms with E-state index in [0.29, 0.717) is 0 Å². The van der Waals surface area contributed by atoms with Gasteiger partial charge < -0.3 is 5.11 Å². The first kappa shape index (κ1) is 10.1. The van der Waals surface area contributed by atoms with E-state index in [1.807, 2.05) is 0 Å². The Bertz CT molecular complexity index is 130. The maximum absolute atomic E-state index is 10.2. The second-order valence-corrected chi connectivity index (χ2v) is 3.21. The number of amides is 1. The van der Waals surface area contributed by atoms with Crippen LogP contribution in [0, 0.1) is 0 Å². The van der Waals surface area contributed by atoms with Gasteiger partial charge in [0.1, 0.15) is 10.3 Å². The second kappa shape index (κ2) is 4.11. The van der Waals surface area contributed by atoms with Gasteiger partial charge in [-0.15, -0.1) is 23.2 Å². The van der Waals surface area contributed by atoms with Crippen molar-refractivity contribution in [1.29, 1.82) is 0 Å². The molecule has 0 heterocycles. The van der Waals surface area contributed by atoms with Crippen molar-refractivity contribution in [3.05, 3.63) is 0 Å². The molecule has 0 aromatic carbocycles. The molecule has 0 saturated heterocycles. The molecule has 0 rings (SSSR count). The zero-order chi connectivity index (χ0) is 8.31. The SMILES string of the molecule is CN(C(=O)O)C(Cl)C(Cl)Cl. The van der Waals surface area contributed by atoms with Gasteiger partial charge in [-0.25, -0.2) is 4.79 Å². The summed E-state index contributed by atoms with van der Waals surface area (Å²) in [5, 5.41) is 8.33. The maximum Gasteiger partial charge on any atom is 0.408 e. The summed E-state index contributed by atoms with van der Waals surface area (Å²) >= 11 is 16.0. The molecule has 60 valence electrons. The van der Waals surface area contributed by atoms with Crippen LogP contribution in [0.1, 0.15) is 0 Å². The molecule has 0 aromatic heterocycles. The van der Waals surface area contributed by atoms with Crippen molar-refractivity contribution in [2.75, 3.05) is 7.05 Å². The van der Waals surface area contributed by atoms with Crippen molar-refractivity contribution < 1.29 is 9.90 Å². The van der Waals surface area contributed by atoms with E-state index in [2.05, 4.69) is 0 Å². The predicted octanol–water partition coefficient (Wildman–Crippen LogP) is 1.96. The Balaban J connectivity index is 3.94. The van der Waals surface area contributed by atoms with Crippen molar-refractivity contribution in [2.45, 2.75) is 10.3 Å². The van der Waals surface area contributed by atoms with Crippen molar-refractivity contribution >= 4 is 40.9 Å². The summed E-state index contributed by atoms with van der Waals surface area (Å²) in [6.07, 6.45) is -1.16. The normalized spacial score (nSPS) is 13.3. The minimum atomic E-state index is -1.16. The molecule has 1 atom stereocenters. The van der Waals surface area contributed by atoms with Crippen LogP contribution in [0.5, 0.6) is 0 Å². The lowest BCUT2D eigenvalue weighted by molar-refractivity contribution is 0.153. The molecular weight excluding hydrogens is 200 g/mol. The van der Waals surface area contributed by atoms with Gasteiger partial charge >= 0.3 is 6.09 Å². The van der Waals surface area contributed by atoms with E-state index < -0.39 is 16.4 Å². The van der Waals surface area contributed by atoms with Crippen LogP contribution < -0.4 is 0 Å². The van der Waals surface area contributed by atoms with Gasteiger partial charge in [-0.1, -0.05) is 11.6 Å². The molecule has 6 heteroatoms. The third-order valence-electron chi connectivity index (χ3n) is 0.880. The van der Waals surface area contributed by atoms with Crippen molar-refractivity contribution in [3.8, 4) is 0 Å². The van der Waals surface area contributed by atoms with E-state index in [-0.39, 0.29) is 0 Å². The number of hydrogen-bond acceptors (Lipinski definition) is 1.